The van der Waals surface area contributed by atoms with Crippen LogP contribution in [0.5, 0.6) is 5.88 Å². The number of ether oxygens (including phenoxy) is 1. The van der Waals surface area contributed by atoms with Gasteiger partial charge in [0.2, 0.25) is 5.88 Å². The van der Waals surface area contributed by atoms with Crippen LogP contribution in [0.15, 0.2) is 18.3 Å². The first kappa shape index (κ1) is 13.5. The minimum Gasteiger partial charge on any atom is -0.481 e. The third kappa shape index (κ3) is 2.45. The summed E-state index contributed by atoms with van der Waals surface area (Å²) in [4.78, 5) is 27.8. The van der Waals surface area contributed by atoms with E-state index in [2.05, 4.69) is 4.98 Å². The third-order valence-electron chi connectivity index (χ3n) is 3.74. The van der Waals surface area contributed by atoms with Gasteiger partial charge in [0.1, 0.15) is 5.41 Å². The second-order valence-corrected chi connectivity index (χ2v) is 4.87. The minimum atomic E-state index is -1.31. The van der Waals surface area contributed by atoms with E-state index in [1.165, 1.54) is 7.11 Å². The molecule has 1 saturated carbocycles. The highest BCUT2D eigenvalue weighted by Crippen LogP contribution is 2.38. The van der Waals surface area contributed by atoms with Crippen molar-refractivity contribution in [2.75, 3.05) is 7.11 Å². The molecular formula is C14H17NO4. The fourth-order valence-electron chi connectivity index (χ4n) is 2.65. The molecule has 1 fully saturated rings. The second-order valence-electron chi connectivity index (χ2n) is 4.87. The zero-order valence-electron chi connectivity index (χ0n) is 10.9. The number of carbonyl (C=O) groups is 2. The van der Waals surface area contributed by atoms with Crippen LogP contribution in [0.1, 0.15) is 31.2 Å². The van der Waals surface area contributed by atoms with E-state index in [0.29, 0.717) is 24.3 Å². The van der Waals surface area contributed by atoms with Crippen LogP contribution in [0.25, 0.3) is 0 Å². The Morgan fingerprint density at radius 1 is 1.53 bits per heavy atom. The summed E-state index contributed by atoms with van der Waals surface area (Å²) in [5.74, 6) is -0.832. The lowest BCUT2D eigenvalue weighted by Crippen LogP contribution is -2.43. The van der Waals surface area contributed by atoms with Crippen molar-refractivity contribution in [1.29, 1.82) is 0 Å². The van der Waals surface area contributed by atoms with Gasteiger partial charge in [-0.05, 0) is 18.9 Å². The molecule has 5 heteroatoms. The number of hydrogen-bond acceptors (Lipinski definition) is 4. The van der Waals surface area contributed by atoms with Gasteiger partial charge in [0.05, 0.1) is 7.11 Å². The molecule has 1 N–H and O–H groups in total. The van der Waals surface area contributed by atoms with Crippen LogP contribution in [0.2, 0.25) is 0 Å². The predicted octanol–water partition coefficient (Wildman–Crippen LogP) is 1.85. The molecule has 102 valence electrons. The molecule has 1 aromatic heterocycles. The van der Waals surface area contributed by atoms with E-state index in [9.17, 15) is 14.7 Å². The van der Waals surface area contributed by atoms with Crippen LogP contribution in [0.4, 0.5) is 0 Å². The Bertz CT molecular complexity index is 500. The summed E-state index contributed by atoms with van der Waals surface area (Å²) in [6.07, 6.45) is 4.00. The number of carboxylic acid groups (broad SMARTS) is 1. The van der Waals surface area contributed by atoms with Gasteiger partial charge in [0.15, 0.2) is 5.78 Å². The average Bonchev–Trinajstić information content (AvgIpc) is 2.41. The van der Waals surface area contributed by atoms with Crippen molar-refractivity contribution in [2.24, 2.45) is 5.41 Å². The first-order valence-electron chi connectivity index (χ1n) is 6.35. The van der Waals surface area contributed by atoms with Gasteiger partial charge in [-0.25, -0.2) is 4.98 Å². The summed E-state index contributed by atoms with van der Waals surface area (Å²) in [5.41, 5.74) is -0.642. The smallest absolute Gasteiger partial charge is 0.317 e. The summed E-state index contributed by atoms with van der Waals surface area (Å²) in [6, 6.07) is 3.49. The quantitative estimate of drug-likeness (QED) is 0.839. The maximum absolute atomic E-state index is 12.1. The molecule has 1 atom stereocenters. The van der Waals surface area contributed by atoms with E-state index in [0.717, 1.165) is 12.8 Å². The van der Waals surface area contributed by atoms with Gasteiger partial charge in [-0.1, -0.05) is 12.5 Å². The lowest BCUT2D eigenvalue weighted by atomic mass is 9.69. The Hall–Kier alpha value is -1.91. The largest absolute Gasteiger partial charge is 0.481 e. The minimum absolute atomic E-state index is 0.151. The number of rotatable bonds is 4. The summed E-state index contributed by atoms with van der Waals surface area (Å²) in [5, 5.41) is 9.50. The Morgan fingerprint density at radius 3 is 2.95 bits per heavy atom. The Balaban J connectivity index is 2.36. The van der Waals surface area contributed by atoms with Crippen molar-refractivity contribution in [3.05, 3.63) is 23.9 Å². The normalized spacial score (nSPS) is 23.1. The van der Waals surface area contributed by atoms with E-state index >= 15 is 0 Å². The van der Waals surface area contributed by atoms with Crippen molar-refractivity contribution < 1.29 is 19.4 Å². The third-order valence-corrected chi connectivity index (χ3v) is 3.74. The topological polar surface area (TPSA) is 76.5 Å². The first-order valence-corrected chi connectivity index (χ1v) is 6.35. The maximum Gasteiger partial charge on any atom is 0.317 e. The standard InChI is InChI=1S/C14H17NO4/c1-19-12-10(5-4-8-15-12)9-14(13(17)18)7-3-2-6-11(14)16/h4-5,8H,2-3,6-7,9H2,1H3,(H,17,18). The molecule has 1 heterocycles. The lowest BCUT2D eigenvalue weighted by molar-refractivity contribution is -0.157. The number of pyridine rings is 1. The highest BCUT2D eigenvalue weighted by molar-refractivity contribution is 6.03. The molecule has 0 radical (unpaired) electrons. The van der Waals surface area contributed by atoms with Crippen molar-refractivity contribution in [3.8, 4) is 5.88 Å². The Kier molecular flexibility index (Phi) is 3.83. The zero-order chi connectivity index (χ0) is 13.9. The van der Waals surface area contributed by atoms with E-state index < -0.39 is 11.4 Å². The van der Waals surface area contributed by atoms with E-state index in [-0.39, 0.29) is 12.2 Å². The molecule has 0 amide bonds. The zero-order valence-corrected chi connectivity index (χ0v) is 10.9. The molecule has 0 spiro atoms. The molecule has 1 unspecified atom stereocenters. The number of nitrogens with zero attached hydrogens (tertiary/aromatic N) is 1. The van der Waals surface area contributed by atoms with E-state index in [1.807, 2.05) is 0 Å². The molecule has 19 heavy (non-hydrogen) atoms. The number of Topliss-reactive ketones (excluding diaryl/α,β-unsaturated/α-hetero) is 1. The fraction of sp³-hybridized carbons (Fsp3) is 0.500. The van der Waals surface area contributed by atoms with Gasteiger partial charge in [-0.15, -0.1) is 0 Å². The van der Waals surface area contributed by atoms with Crippen molar-refractivity contribution in [3.63, 3.8) is 0 Å². The average molecular weight is 263 g/mol. The molecule has 0 aromatic carbocycles. The van der Waals surface area contributed by atoms with Crippen molar-refractivity contribution >= 4 is 11.8 Å². The van der Waals surface area contributed by atoms with Crippen LogP contribution in [0, 0.1) is 5.41 Å². The lowest BCUT2D eigenvalue weighted by Gasteiger charge is -2.31. The van der Waals surface area contributed by atoms with Gasteiger partial charge in [0, 0.05) is 24.6 Å². The maximum atomic E-state index is 12.1. The summed E-state index contributed by atoms with van der Waals surface area (Å²) in [6.45, 7) is 0. The molecular weight excluding hydrogens is 246 g/mol. The van der Waals surface area contributed by atoms with Gasteiger partial charge in [-0.2, -0.15) is 0 Å². The monoisotopic (exact) mass is 263 g/mol. The molecule has 0 saturated heterocycles. The van der Waals surface area contributed by atoms with Crippen LogP contribution >= 0.6 is 0 Å². The summed E-state index contributed by atoms with van der Waals surface area (Å²) >= 11 is 0. The summed E-state index contributed by atoms with van der Waals surface area (Å²) in [7, 11) is 1.49. The van der Waals surface area contributed by atoms with Crippen molar-refractivity contribution in [1.82, 2.24) is 4.98 Å². The molecule has 5 nitrogen and oxygen atoms in total. The van der Waals surface area contributed by atoms with Crippen LogP contribution in [-0.4, -0.2) is 29.0 Å². The van der Waals surface area contributed by atoms with Gasteiger partial charge < -0.3 is 9.84 Å². The van der Waals surface area contributed by atoms with Crippen LogP contribution < -0.4 is 4.74 Å². The predicted molar refractivity (Wildman–Crippen MR) is 68.0 cm³/mol. The Labute approximate surface area is 111 Å². The second kappa shape index (κ2) is 5.38. The number of aliphatic carboxylic acids is 1. The van der Waals surface area contributed by atoms with Gasteiger partial charge in [0.25, 0.3) is 0 Å². The summed E-state index contributed by atoms with van der Waals surface area (Å²) < 4.78 is 5.13. The van der Waals surface area contributed by atoms with E-state index in [1.54, 1.807) is 18.3 Å². The molecule has 0 aliphatic heterocycles. The molecule has 1 aromatic rings. The van der Waals surface area contributed by atoms with Crippen LogP contribution in [-0.2, 0) is 16.0 Å². The number of carboxylic acids is 1. The Morgan fingerprint density at radius 2 is 2.32 bits per heavy atom. The number of hydrogen-bond donors (Lipinski definition) is 1. The van der Waals surface area contributed by atoms with Gasteiger partial charge >= 0.3 is 5.97 Å². The number of carbonyl (C=O) groups excluding carboxylic acids is 1. The number of aromatic nitrogens is 1. The molecule has 2 rings (SSSR count). The fourth-order valence-corrected chi connectivity index (χ4v) is 2.65. The highest BCUT2D eigenvalue weighted by atomic mass is 16.5. The highest BCUT2D eigenvalue weighted by Gasteiger charge is 2.47. The number of methoxy groups -OCH3 is 1. The number of ketones is 1. The van der Waals surface area contributed by atoms with E-state index in [4.69, 9.17) is 4.74 Å². The molecule has 0 bridgehead atoms. The SMILES string of the molecule is COc1ncccc1CC1(C(=O)O)CCCCC1=O. The van der Waals surface area contributed by atoms with Gasteiger partial charge in [-0.3, -0.25) is 9.59 Å². The molecule has 1 aliphatic rings. The van der Waals surface area contributed by atoms with Crippen molar-refractivity contribution in [2.45, 2.75) is 32.1 Å². The molecule has 1 aliphatic carbocycles. The van der Waals surface area contributed by atoms with Crippen LogP contribution in [0.3, 0.4) is 0 Å². The first-order chi connectivity index (χ1) is 9.10.